The number of aliphatic hydroxyl groups excluding tert-OH is 4. The summed E-state index contributed by atoms with van der Waals surface area (Å²) in [5.41, 5.74) is 0.950. The van der Waals surface area contributed by atoms with E-state index in [0.29, 0.717) is 26.8 Å². The van der Waals surface area contributed by atoms with Gasteiger partial charge in [0.15, 0.2) is 30.4 Å². The molecule has 3 amide bonds. The molecule has 9 rings (SSSR count). The molecule has 514 valence electrons. The summed E-state index contributed by atoms with van der Waals surface area (Å²) in [4.78, 5) is 72.9. The molecule has 1 aromatic rings. The number of hydroxylamine groups is 1. The van der Waals surface area contributed by atoms with Crippen molar-refractivity contribution >= 4 is 84.6 Å². The van der Waals surface area contributed by atoms with Gasteiger partial charge in [0.1, 0.15) is 59.8 Å². The van der Waals surface area contributed by atoms with E-state index < -0.39 is 148 Å². The van der Waals surface area contributed by atoms with Gasteiger partial charge in [-0.15, -0.1) is 0 Å². The highest BCUT2D eigenvalue weighted by atomic mass is 127. The van der Waals surface area contributed by atoms with Crippen LogP contribution in [0.15, 0.2) is 23.3 Å². The lowest BCUT2D eigenvalue weighted by Gasteiger charge is -2.60. The molecule has 5 heterocycles. The smallest absolute Gasteiger partial charge is 0.322 e. The van der Waals surface area contributed by atoms with E-state index in [-0.39, 0.29) is 84.6 Å². The number of ketones is 2. The van der Waals surface area contributed by atoms with E-state index >= 15 is 0 Å². The number of ether oxygens (including phenoxy) is 11. The zero-order valence-electron chi connectivity index (χ0n) is 54.0. The number of rotatable bonds is 24. The van der Waals surface area contributed by atoms with Gasteiger partial charge in [-0.05, 0) is 102 Å². The number of carbonyl (C=O) groups is 5. The zero-order chi connectivity index (χ0) is 67.8. The summed E-state index contributed by atoms with van der Waals surface area (Å²) < 4.78 is 67.6. The van der Waals surface area contributed by atoms with Gasteiger partial charge in [0.2, 0.25) is 17.2 Å². The quantitative estimate of drug-likeness (QED) is 0.0137. The number of aliphatic hydroxyl groups is 5. The van der Waals surface area contributed by atoms with Crippen molar-refractivity contribution in [2.75, 3.05) is 47.3 Å². The summed E-state index contributed by atoms with van der Waals surface area (Å²) in [5.74, 6) is 9.98. The maximum atomic E-state index is 14.5. The molecule has 26 nitrogen and oxygen atoms in total. The normalized spacial score (nSPS) is 39.2. The Morgan fingerprint density at radius 1 is 0.903 bits per heavy atom. The van der Waals surface area contributed by atoms with Gasteiger partial charge >= 0.3 is 6.03 Å². The standard InChI is InChI=1S/C63H85IN4O22S3/c1-14-65-35-26-83-40(24-39(35)79-10)88-52-47(73)45(68-90-41-23-36(70)54(32(7)84-41)92-57(76)42-29(4)44(64)50(53(82-13)49(42)80-11)89-58-48(74)51(81-12)46(72)31(6)86-58)30(5)85-59(52)87-38-17-15-16-27(2)18-20-62-34(22-28(3)69)37(71)25-63(62,78)33(43(38)62)19-21-91-93-61(8,9)55-56(75)67-60(77)66-55/h16,19,30-32,34-36,38-41,43,45-48,51-52,54-55,58-59,65,68,70,72-74,78H,14,21-26H2,1-13H3,(H2,66,67,75,77)/b27-16-,33-19+/t30-,31+,32-,34?,35+,36+,38+,39+,40+,41+,43?,45-,46+,47+,48-,51-,52-,54-,55?,58+,59+,62?,63+/m1/s1. The summed E-state index contributed by atoms with van der Waals surface area (Å²) in [5, 5.41) is 66.2. The van der Waals surface area contributed by atoms with Crippen LogP contribution in [0, 0.1) is 51.4 Å². The van der Waals surface area contributed by atoms with Crippen LogP contribution in [0.25, 0.3) is 0 Å². The van der Waals surface area contributed by atoms with Crippen molar-refractivity contribution in [3.05, 3.63) is 38.0 Å². The van der Waals surface area contributed by atoms with Crippen LogP contribution in [0.3, 0.4) is 0 Å². The number of Topliss-reactive ketones (excluding diaryl/α,β-unsaturated/α-hetero) is 2. The van der Waals surface area contributed by atoms with E-state index in [9.17, 15) is 49.5 Å². The Bertz CT molecular complexity index is 3170. The summed E-state index contributed by atoms with van der Waals surface area (Å²) in [6.45, 7) is 16.2. The average molecular weight is 1470 g/mol. The van der Waals surface area contributed by atoms with Gasteiger partial charge in [0, 0.05) is 63.1 Å². The van der Waals surface area contributed by atoms with E-state index in [1.165, 1.54) is 49.8 Å². The lowest BCUT2D eigenvalue weighted by Crippen LogP contribution is -2.69. The van der Waals surface area contributed by atoms with E-state index in [1.807, 2.05) is 43.4 Å². The van der Waals surface area contributed by atoms with Crippen molar-refractivity contribution in [1.29, 1.82) is 0 Å². The second-order valence-electron chi connectivity index (χ2n) is 24.9. The number of hydrogen-bond acceptors (Lipinski definition) is 27. The Labute approximate surface area is 566 Å². The topological polar surface area (TPSA) is 345 Å². The molecule has 0 radical (unpaired) electrons. The molecule has 1 aromatic carbocycles. The molecule has 0 bridgehead atoms. The molecular weight excluding hydrogens is 1390 g/mol. The summed E-state index contributed by atoms with van der Waals surface area (Å²) >= 11 is 2.83. The maximum Gasteiger partial charge on any atom is 0.322 e. The van der Waals surface area contributed by atoms with Crippen molar-refractivity contribution in [3.8, 4) is 40.9 Å². The van der Waals surface area contributed by atoms with Crippen LogP contribution in [0.1, 0.15) is 97.0 Å². The fourth-order valence-corrected chi connectivity index (χ4v) is 17.9. The Kier molecular flexibility index (Phi) is 24.2. The molecule has 2 saturated carbocycles. The Morgan fingerprint density at radius 3 is 2.27 bits per heavy atom. The van der Waals surface area contributed by atoms with E-state index in [0.717, 1.165) is 11.8 Å². The first-order valence-electron chi connectivity index (χ1n) is 30.8. The number of benzene rings is 1. The van der Waals surface area contributed by atoms with Crippen LogP contribution in [0.5, 0.6) is 17.2 Å². The van der Waals surface area contributed by atoms with Crippen molar-refractivity contribution in [2.24, 2.45) is 17.3 Å². The van der Waals surface area contributed by atoms with Gasteiger partial charge in [0.25, 0.3) is 5.91 Å². The van der Waals surface area contributed by atoms with Crippen LogP contribution in [0.4, 0.5) is 4.79 Å². The van der Waals surface area contributed by atoms with Crippen molar-refractivity contribution in [2.45, 2.75) is 214 Å². The minimum absolute atomic E-state index is 0.0222. The molecule has 1 spiro atoms. The van der Waals surface area contributed by atoms with E-state index in [2.05, 4.69) is 45.1 Å². The number of amides is 3. The molecule has 7 fully saturated rings. The van der Waals surface area contributed by atoms with Crippen molar-refractivity contribution in [1.82, 2.24) is 21.4 Å². The molecule has 9 N–H and O–H groups in total. The number of nitrogens with one attached hydrogen (secondary N) is 4. The fraction of sp³-hybridized carbons (Fsp3) is 0.698. The summed E-state index contributed by atoms with van der Waals surface area (Å²) in [6, 6.07) is -2.69. The monoisotopic (exact) mass is 1470 g/mol. The highest BCUT2D eigenvalue weighted by molar-refractivity contribution is 14.1. The molecule has 5 saturated heterocycles. The number of carbonyl (C=O) groups excluding carboxylic acids is 5. The van der Waals surface area contributed by atoms with Gasteiger partial charge < -0.3 is 93.1 Å². The van der Waals surface area contributed by atoms with Gasteiger partial charge in [-0.3, -0.25) is 24.5 Å². The molecular formula is C63H85IN4O22S3. The zero-order valence-corrected chi connectivity index (χ0v) is 58.6. The minimum atomic E-state index is -1.87. The highest BCUT2D eigenvalue weighted by Gasteiger charge is 2.78. The molecule has 5 aliphatic heterocycles. The SMILES string of the molecule is CCN[C@H]1CO[C@@H](O[C@H]2[C@H](O[C@H]3C#C/C=C(/C)C#CC45C(CC(C)=O)C(=O)C[C@]4(O)/C(=C/CSSC(C)(C)C4NC(=O)NC4=O)C35)O[C@H](C)[C@@H](NO[C@H]3C[C@H](O)[C@H](SC(=O)c4c(C)c(I)c(O[C@@H]5O[C@@H](C)[C@H](O)[C@@H](OC)[C@H]5O)c(OC)c4OC)[C@@H](C)O3)[C@@H]2O)C[C@@H]1OC. The minimum Gasteiger partial charge on any atom is -0.492 e. The van der Waals surface area contributed by atoms with Crippen LogP contribution < -0.4 is 35.6 Å². The predicted molar refractivity (Wildman–Crippen MR) is 347 cm³/mol. The fourth-order valence-electron chi connectivity index (χ4n) is 13.7. The number of likely N-dealkylation sites (N-methyl/N-ethyl adjacent to an activating group) is 1. The number of thioether (sulfide) groups is 1. The third-order valence-electron chi connectivity index (χ3n) is 18.4. The van der Waals surface area contributed by atoms with Gasteiger partial charge in [-0.2, -0.15) is 5.48 Å². The number of methoxy groups -OCH3 is 4. The first-order chi connectivity index (χ1) is 44.1. The molecule has 0 aromatic heterocycles. The maximum absolute atomic E-state index is 14.5. The molecule has 30 heteroatoms. The second kappa shape index (κ2) is 30.6. The molecule has 4 unspecified atom stereocenters. The third kappa shape index (κ3) is 14.7. The molecule has 93 heavy (non-hydrogen) atoms. The Balaban J connectivity index is 0.949. The first kappa shape index (κ1) is 73.6. The van der Waals surface area contributed by atoms with Crippen LogP contribution in [-0.2, 0) is 57.1 Å². The Hall–Kier alpha value is -3.69. The summed E-state index contributed by atoms with van der Waals surface area (Å²) in [6.07, 6.45) is -13.8. The van der Waals surface area contributed by atoms with Crippen LogP contribution >= 0.6 is 55.9 Å². The number of imide groups is 1. The lowest BCUT2D eigenvalue weighted by molar-refractivity contribution is -0.342. The Morgan fingerprint density at radius 2 is 1.62 bits per heavy atom. The highest BCUT2D eigenvalue weighted by Crippen LogP contribution is 2.70. The molecule has 3 aliphatic carbocycles. The van der Waals surface area contributed by atoms with Crippen molar-refractivity contribution < 1.29 is 106 Å². The number of urea groups is 1. The second-order valence-corrected chi connectivity index (χ2v) is 30.1. The molecule has 8 aliphatic rings. The van der Waals surface area contributed by atoms with Gasteiger partial charge in [0.05, 0.1) is 88.0 Å². The predicted octanol–water partition coefficient (Wildman–Crippen LogP) is 2.90. The average Bonchev–Trinajstić information content (AvgIpc) is 1.56. The lowest BCUT2D eigenvalue weighted by atomic mass is 9.44. The number of halogens is 1. The number of hydrogen-bond donors (Lipinski definition) is 9. The van der Waals surface area contributed by atoms with Crippen molar-refractivity contribution in [3.63, 3.8) is 0 Å². The summed E-state index contributed by atoms with van der Waals surface area (Å²) in [7, 11) is 8.36. The van der Waals surface area contributed by atoms with Crippen LogP contribution in [0.2, 0.25) is 0 Å². The van der Waals surface area contributed by atoms with Crippen LogP contribution in [-0.4, -0.2) is 228 Å². The third-order valence-corrected chi connectivity index (χ3v) is 24.3. The van der Waals surface area contributed by atoms with E-state index in [1.54, 1.807) is 53.9 Å². The molecule has 23 atom stereocenters. The largest absolute Gasteiger partial charge is 0.492 e. The van der Waals surface area contributed by atoms with Gasteiger partial charge in [-0.25, -0.2) is 4.79 Å². The van der Waals surface area contributed by atoms with E-state index in [4.69, 9.17) is 56.9 Å². The van der Waals surface area contributed by atoms with Gasteiger partial charge in [-0.1, -0.05) is 70.0 Å². The first-order valence-corrected chi connectivity index (χ1v) is 35.1. The number of allylic oxidation sites excluding steroid dienone is 2.